The Morgan fingerprint density at radius 1 is 0.495 bits per heavy atom. The summed E-state index contributed by atoms with van der Waals surface area (Å²) in [5.41, 5.74) is 2.91. The van der Waals surface area contributed by atoms with E-state index in [1.165, 1.54) is 18.9 Å². The number of allylic oxidation sites excluding steroid dienone is 13. The predicted molar refractivity (Wildman–Crippen MR) is 397 cm³/mol. The lowest BCUT2D eigenvalue weighted by atomic mass is 9.81. The number of hydrogen-bond donors (Lipinski definition) is 0. The molecule has 524 valence electrons. The summed E-state index contributed by atoms with van der Waals surface area (Å²) in [5, 5.41) is 0. The molecule has 0 aliphatic heterocycles. The van der Waals surface area contributed by atoms with Gasteiger partial charge in [0.15, 0.2) is 40.5 Å². The number of hydrogen-bond acceptors (Lipinski definition) is 9. The van der Waals surface area contributed by atoms with Gasteiger partial charge in [-0.05, 0) is 139 Å². The molecule has 0 aromatic heterocycles. The maximum absolute atomic E-state index is 11.8. The molecule has 0 bridgehead atoms. The summed E-state index contributed by atoms with van der Waals surface area (Å²) in [4.78, 5) is 91.8. The van der Waals surface area contributed by atoms with Crippen LogP contribution in [0.5, 0.6) is 0 Å². The second-order valence-corrected chi connectivity index (χ2v) is 33.6. The van der Waals surface area contributed by atoms with E-state index in [0.717, 1.165) is 73.8 Å². The van der Waals surface area contributed by atoms with Crippen molar-refractivity contribution in [3.8, 4) is 12.3 Å². The van der Waals surface area contributed by atoms with E-state index in [1.54, 1.807) is 24.3 Å². The molecule has 91 heavy (non-hydrogen) atoms. The fraction of sp³-hybridized carbons (Fsp3) is 0.683. The summed E-state index contributed by atoms with van der Waals surface area (Å²) in [5.74, 6) is 4.92. The number of carbonyl (C=O) groups excluding carboxylic acids is 8. The van der Waals surface area contributed by atoms with Crippen LogP contribution in [0.4, 0.5) is 0 Å². The highest BCUT2D eigenvalue weighted by molar-refractivity contribution is 6.01. The molecule has 0 saturated heterocycles. The van der Waals surface area contributed by atoms with Crippen molar-refractivity contribution in [2.75, 3.05) is 20.6 Å². The number of nitrogens with zero attached hydrogens (tertiary/aromatic N) is 1. The Kier molecular flexibility index (Phi) is 51.1. The van der Waals surface area contributed by atoms with Crippen molar-refractivity contribution in [1.82, 2.24) is 4.90 Å². The van der Waals surface area contributed by atoms with Crippen molar-refractivity contribution < 1.29 is 38.4 Å². The first kappa shape index (κ1) is 99.4. The van der Waals surface area contributed by atoms with Crippen LogP contribution in [0.25, 0.3) is 0 Å². The summed E-state index contributed by atoms with van der Waals surface area (Å²) >= 11 is 0. The van der Waals surface area contributed by atoms with E-state index in [1.807, 2.05) is 245 Å². The van der Waals surface area contributed by atoms with E-state index in [2.05, 4.69) is 52.0 Å². The Balaban J connectivity index is -0.000000174. The molecular formula is C82H143NO8. The van der Waals surface area contributed by atoms with Gasteiger partial charge in [-0.2, -0.15) is 0 Å². The highest BCUT2D eigenvalue weighted by atomic mass is 16.2. The molecule has 9 nitrogen and oxygen atoms in total. The molecule has 0 fully saturated rings. The summed E-state index contributed by atoms with van der Waals surface area (Å²) in [6.45, 7) is 72.3. The quantitative estimate of drug-likeness (QED) is 0.119. The van der Waals surface area contributed by atoms with Crippen LogP contribution in [-0.4, -0.2) is 71.8 Å². The van der Waals surface area contributed by atoms with Gasteiger partial charge in [0.25, 0.3) is 0 Å². The lowest BCUT2D eigenvalue weighted by molar-refractivity contribution is -0.126. The third-order valence-corrected chi connectivity index (χ3v) is 12.8. The zero-order chi connectivity index (χ0) is 74.1. The van der Waals surface area contributed by atoms with Gasteiger partial charge in [-0.15, -0.1) is 18.9 Å². The minimum atomic E-state index is -0.248. The van der Waals surface area contributed by atoms with Crippen LogP contribution in [0.3, 0.4) is 0 Å². The maximum Gasteiger partial charge on any atom is 0.163 e. The van der Waals surface area contributed by atoms with E-state index in [4.69, 9.17) is 6.42 Å². The number of ketones is 8. The van der Waals surface area contributed by atoms with Gasteiger partial charge in [0, 0.05) is 62.2 Å². The molecule has 0 amide bonds. The van der Waals surface area contributed by atoms with Gasteiger partial charge in [0.1, 0.15) is 5.78 Å². The molecule has 0 aromatic rings. The largest absolute Gasteiger partial charge is 0.306 e. The standard InChI is InChI=1S/C11H18O.C10H19NO.C10H16O.C9H14O.C9H16O.C8H14O.C7H14O.C7H12O.C6H12.C5H8/c1-11(2,3)10(12)9-7-5-4-6-8-9;1-10(2,3)9(12)7-6-8-11(4)5;1-10(2,3)9(11)8-6-4-5-7-8;1-9(2,3)8(10)7-5-4-6-7;1-7(2)6-8(10)9(3,4)5;1-5-6-7(9)8(2,3)4;2*1-5-6(8)7(2,3)4;1-5-6(2,3)4;1-4-5(2)3/h7H,4-6,8H2,1-3H3;6-7H,8H2,1-5H3;6H,4-5,7H2,1-3H3;5H,4,6H2,1-3H3;6H,1-5H3;5-6H,1-4H3;5H2,1-4H3;5H,1H2,2-4H3;5H,1H2,2-4H3;1,5H,2-3H3/b;7-6+;;;;6-5+;;;;. The van der Waals surface area contributed by atoms with E-state index in [9.17, 15) is 38.4 Å². The Hall–Kier alpha value is -5.20. The summed E-state index contributed by atoms with van der Waals surface area (Å²) < 4.78 is 0. The molecule has 0 atom stereocenters. The number of likely N-dealkylation sites (N-methyl/N-ethyl adjacent to an activating group) is 1. The van der Waals surface area contributed by atoms with Gasteiger partial charge in [-0.1, -0.05) is 256 Å². The molecule has 9 heteroatoms. The van der Waals surface area contributed by atoms with Crippen LogP contribution < -0.4 is 0 Å². The zero-order valence-corrected chi connectivity index (χ0v) is 65.8. The highest BCUT2D eigenvalue weighted by Gasteiger charge is 2.28. The second-order valence-electron chi connectivity index (χ2n) is 33.6. The molecule has 3 aliphatic carbocycles. The van der Waals surface area contributed by atoms with E-state index in [0.29, 0.717) is 40.9 Å². The third-order valence-electron chi connectivity index (χ3n) is 12.8. The van der Waals surface area contributed by atoms with Crippen molar-refractivity contribution in [2.24, 2.45) is 54.7 Å². The first-order valence-electron chi connectivity index (χ1n) is 33.2. The van der Waals surface area contributed by atoms with Crippen LogP contribution in [-0.2, 0) is 38.4 Å². The topological polar surface area (TPSA) is 140 Å². The maximum atomic E-state index is 11.8. The van der Waals surface area contributed by atoms with E-state index < -0.39 is 0 Å². The smallest absolute Gasteiger partial charge is 0.163 e. The predicted octanol–water partition coefficient (Wildman–Crippen LogP) is 21.9. The van der Waals surface area contributed by atoms with Crippen LogP contribution in [0.2, 0.25) is 0 Å². The normalized spacial score (nSPS) is 13.9. The molecule has 0 radical (unpaired) electrons. The summed E-state index contributed by atoms with van der Waals surface area (Å²) in [6, 6.07) is 0. The molecule has 0 unspecified atom stereocenters. The fourth-order valence-corrected chi connectivity index (χ4v) is 6.20. The third kappa shape index (κ3) is 60.8. The number of terminal acetylenes is 1. The Bertz CT molecular complexity index is 2450. The van der Waals surface area contributed by atoms with E-state index in [-0.39, 0.29) is 66.5 Å². The first-order chi connectivity index (χ1) is 40.5. The molecule has 0 N–H and O–H groups in total. The van der Waals surface area contributed by atoms with Crippen molar-refractivity contribution in [3.05, 3.63) is 96.2 Å². The van der Waals surface area contributed by atoms with Gasteiger partial charge in [0.2, 0.25) is 0 Å². The Labute approximate surface area is 563 Å². The molecule has 0 spiro atoms. The van der Waals surface area contributed by atoms with Crippen molar-refractivity contribution >= 4 is 46.3 Å². The summed E-state index contributed by atoms with van der Waals surface area (Å²) in [6.07, 6.45) is 33.6. The van der Waals surface area contributed by atoms with Crippen LogP contribution in [0.15, 0.2) is 96.2 Å². The second kappa shape index (κ2) is 46.8. The van der Waals surface area contributed by atoms with Gasteiger partial charge in [0.05, 0.1) is 0 Å². The lowest BCUT2D eigenvalue weighted by Gasteiger charge is -2.22. The Morgan fingerprint density at radius 2 is 0.813 bits per heavy atom. The molecule has 0 saturated carbocycles. The summed E-state index contributed by atoms with van der Waals surface area (Å²) in [7, 11) is 3.96. The Morgan fingerprint density at radius 3 is 0.945 bits per heavy atom. The minimum absolute atomic E-state index is 0.0949. The van der Waals surface area contributed by atoms with Gasteiger partial charge in [-0.25, -0.2) is 0 Å². The van der Waals surface area contributed by atoms with Crippen LogP contribution in [0.1, 0.15) is 293 Å². The molecule has 0 aromatic carbocycles. The monoisotopic (exact) mass is 1270 g/mol. The molecule has 3 aliphatic rings. The van der Waals surface area contributed by atoms with Crippen molar-refractivity contribution in [3.63, 3.8) is 0 Å². The number of rotatable bonds is 10. The first-order valence-corrected chi connectivity index (χ1v) is 33.2. The minimum Gasteiger partial charge on any atom is -0.306 e. The number of carbonyl (C=O) groups is 8. The van der Waals surface area contributed by atoms with Crippen LogP contribution in [0, 0.1) is 67.0 Å². The molecule has 0 heterocycles. The lowest BCUT2D eigenvalue weighted by Crippen LogP contribution is -2.24. The van der Waals surface area contributed by atoms with E-state index >= 15 is 0 Å². The van der Waals surface area contributed by atoms with Gasteiger partial charge >= 0.3 is 0 Å². The SMILES string of the molecule is C#CC(C)C.C/C=C/C(=O)C(C)(C)C.C=CC(=O)C(C)(C)C.C=CC(C)(C)C.CC(C)(C)C(=O)C1=CCC1.CC(C)(C)C(=O)C1=CCCC1.CC(C)(C)C(=O)C1=CCCCC1.CC(C)=CC(=O)C(C)(C)C.CCC(=O)C(C)(C)C.CN(C)C/C=C/C(=O)C(C)(C)C. The van der Waals surface area contributed by atoms with Crippen molar-refractivity contribution in [1.29, 1.82) is 0 Å². The number of Topliss-reactive ketones (excluding diaryl/α,β-unsaturated/α-hetero) is 4. The zero-order valence-electron chi connectivity index (χ0n) is 65.8. The molecular weight excluding hydrogens is 1130 g/mol. The molecule has 3 rings (SSSR count). The highest BCUT2D eigenvalue weighted by Crippen LogP contribution is 2.30. The average molecular weight is 1270 g/mol. The average Bonchev–Trinajstić information content (AvgIpc) is 1.59. The van der Waals surface area contributed by atoms with Crippen molar-refractivity contribution in [2.45, 2.75) is 293 Å². The van der Waals surface area contributed by atoms with Crippen LogP contribution >= 0.6 is 0 Å². The van der Waals surface area contributed by atoms with Gasteiger partial charge < -0.3 is 4.90 Å². The van der Waals surface area contributed by atoms with Gasteiger partial charge in [-0.3, -0.25) is 38.4 Å². The fourth-order valence-electron chi connectivity index (χ4n) is 6.20.